The van der Waals surface area contributed by atoms with Crippen molar-refractivity contribution in [2.24, 2.45) is 0 Å². The molecule has 0 aromatic heterocycles. The summed E-state index contributed by atoms with van der Waals surface area (Å²) in [6, 6.07) is 21.1. The standard InChI is InChI=1S/C24H21FO4/c1-27-22-11-7-6-10-19(22)15-20(18-8-4-3-5-9-18)24(26)29-16-17-12-13-23(28-2)21(25)14-17/h3-15H,16H2,1-2H3/b20-15+. The Balaban J connectivity index is 1.87. The van der Waals surface area contributed by atoms with Crippen LogP contribution in [0.3, 0.4) is 0 Å². The number of esters is 1. The van der Waals surface area contributed by atoms with Crippen LogP contribution in [-0.2, 0) is 16.1 Å². The first-order valence-electron chi connectivity index (χ1n) is 9.02. The first kappa shape index (κ1) is 20.1. The molecule has 148 valence electrons. The normalized spacial score (nSPS) is 11.1. The van der Waals surface area contributed by atoms with Crippen LogP contribution >= 0.6 is 0 Å². The number of carbonyl (C=O) groups is 1. The minimum atomic E-state index is -0.515. The van der Waals surface area contributed by atoms with Gasteiger partial charge >= 0.3 is 5.97 Å². The minimum absolute atomic E-state index is 0.0597. The molecule has 0 amide bonds. The first-order chi connectivity index (χ1) is 14.1. The topological polar surface area (TPSA) is 44.8 Å². The predicted molar refractivity (Wildman–Crippen MR) is 110 cm³/mol. The van der Waals surface area contributed by atoms with Gasteiger partial charge in [0.15, 0.2) is 11.6 Å². The van der Waals surface area contributed by atoms with E-state index in [1.54, 1.807) is 19.3 Å². The molecule has 0 aliphatic carbocycles. The van der Waals surface area contributed by atoms with Crippen molar-refractivity contribution in [1.82, 2.24) is 0 Å². The van der Waals surface area contributed by atoms with E-state index in [1.165, 1.54) is 19.2 Å². The van der Waals surface area contributed by atoms with Gasteiger partial charge in [-0.05, 0) is 35.4 Å². The Morgan fingerprint density at radius 1 is 0.897 bits per heavy atom. The maximum Gasteiger partial charge on any atom is 0.339 e. The number of halogens is 1. The number of methoxy groups -OCH3 is 2. The van der Waals surface area contributed by atoms with Crippen LogP contribution in [0.25, 0.3) is 11.6 Å². The highest BCUT2D eigenvalue weighted by atomic mass is 19.1. The number of hydrogen-bond acceptors (Lipinski definition) is 4. The fourth-order valence-corrected chi connectivity index (χ4v) is 2.85. The molecule has 29 heavy (non-hydrogen) atoms. The second kappa shape index (κ2) is 9.55. The van der Waals surface area contributed by atoms with Gasteiger partial charge in [-0.2, -0.15) is 0 Å². The zero-order valence-corrected chi connectivity index (χ0v) is 16.2. The summed E-state index contributed by atoms with van der Waals surface area (Å²) in [5.74, 6) is -0.237. The fourth-order valence-electron chi connectivity index (χ4n) is 2.85. The Morgan fingerprint density at radius 2 is 1.59 bits per heavy atom. The van der Waals surface area contributed by atoms with Crippen LogP contribution in [0.4, 0.5) is 4.39 Å². The Kier molecular flexibility index (Phi) is 6.63. The average molecular weight is 392 g/mol. The molecule has 3 aromatic rings. The summed E-state index contributed by atoms with van der Waals surface area (Å²) in [5.41, 5.74) is 2.37. The third-order valence-electron chi connectivity index (χ3n) is 4.33. The zero-order chi connectivity index (χ0) is 20.6. The summed E-state index contributed by atoms with van der Waals surface area (Å²) < 4.78 is 29.6. The van der Waals surface area contributed by atoms with Crippen molar-refractivity contribution in [1.29, 1.82) is 0 Å². The molecule has 0 fully saturated rings. The molecular formula is C24H21FO4. The molecule has 0 saturated carbocycles. The summed E-state index contributed by atoms with van der Waals surface area (Å²) in [6.07, 6.45) is 1.73. The number of hydrogen-bond donors (Lipinski definition) is 0. The lowest BCUT2D eigenvalue weighted by atomic mass is 10.0. The number of rotatable bonds is 7. The Bertz CT molecular complexity index is 1010. The van der Waals surface area contributed by atoms with Gasteiger partial charge in [0, 0.05) is 5.56 Å². The van der Waals surface area contributed by atoms with E-state index in [1.807, 2.05) is 54.6 Å². The van der Waals surface area contributed by atoms with E-state index in [4.69, 9.17) is 14.2 Å². The van der Waals surface area contributed by atoms with E-state index in [0.717, 1.165) is 5.56 Å². The van der Waals surface area contributed by atoms with Gasteiger partial charge in [-0.15, -0.1) is 0 Å². The maximum atomic E-state index is 13.9. The van der Waals surface area contributed by atoms with Crippen LogP contribution in [0.1, 0.15) is 16.7 Å². The van der Waals surface area contributed by atoms with Gasteiger partial charge < -0.3 is 14.2 Å². The van der Waals surface area contributed by atoms with Crippen molar-refractivity contribution in [3.63, 3.8) is 0 Å². The minimum Gasteiger partial charge on any atom is -0.496 e. The Morgan fingerprint density at radius 3 is 2.28 bits per heavy atom. The van der Waals surface area contributed by atoms with Gasteiger partial charge in [-0.1, -0.05) is 54.6 Å². The molecule has 0 saturated heterocycles. The molecule has 0 spiro atoms. The van der Waals surface area contributed by atoms with E-state index in [0.29, 0.717) is 22.4 Å². The van der Waals surface area contributed by atoms with Gasteiger partial charge in [-0.25, -0.2) is 9.18 Å². The van der Waals surface area contributed by atoms with Crippen molar-refractivity contribution in [3.05, 3.63) is 95.3 Å². The lowest BCUT2D eigenvalue weighted by molar-refractivity contribution is -0.137. The van der Waals surface area contributed by atoms with Crippen LogP contribution in [-0.4, -0.2) is 20.2 Å². The second-order valence-electron chi connectivity index (χ2n) is 6.21. The highest BCUT2D eigenvalue weighted by Gasteiger charge is 2.15. The summed E-state index contributed by atoms with van der Waals surface area (Å²) in [7, 11) is 2.97. The fraction of sp³-hybridized carbons (Fsp3) is 0.125. The summed E-state index contributed by atoms with van der Waals surface area (Å²) in [5, 5.41) is 0. The largest absolute Gasteiger partial charge is 0.496 e. The summed E-state index contributed by atoms with van der Waals surface area (Å²) in [6.45, 7) is -0.0597. The molecule has 3 rings (SSSR count). The summed E-state index contributed by atoms with van der Waals surface area (Å²) in [4.78, 5) is 12.9. The van der Waals surface area contributed by atoms with E-state index in [9.17, 15) is 9.18 Å². The highest BCUT2D eigenvalue weighted by Crippen LogP contribution is 2.26. The molecule has 0 heterocycles. The molecule has 5 heteroatoms. The summed E-state index contributed by atoms with van der Waals surface area (Å²) >= 11 is 0. The SMILES string of the molecule is COc1ccc(COC(=O)/C(=C/c2ccccc2OC)c2ccccc2)cc1F. The van der Waals surface area contributed by atoms with Crippen LogP contribution < -0.4 is 9.47 Å². The third kappa shape index (κ3) is 5.02. The molecule has 0 aliphatic heterocycles. The monoisotopic (exact) mass is 392 g/mol. The molecule has 0 bridgehead atoms. The van der Waals surface area contributed by atoms with Crippen LogP contribution in [0.2, 0.25) is 0 Å². The zero-order valence-electron chi connectivity index (χ0n) is 16.2. The van der Waals surface area contributed by atoms with Gasteiger partial charge in [-0.3, -0.25) is 0 Å². The smallest absolute Gasteiger partial charge is 0.339 e. The molecule has 0 atom stereocenters. The van der Waals surface area contributed by atoms with Crippen molar-refractivity contribution in [2.75, 3.05) is 14.2 Å². The second-order valence-corrected chi connectivity index (χ2v) is 6.21. The van der Waals surface area contributed by atoms with Gasteiger partial charge in [0.05, 0.1) is 19.8 Å². The molecular weight excluding hydrogens is 371 g/mol. The van der Waals surface area contributed by atoms with E-state index in [-0.39, 0.29) is 12.4 Å². The molecule has 4 nitrogen and oxygen atoms in total. The molecule has 3 aromatic carbocycles. The lowest BCUT2D eigenvalue weighted by Crippen LogP contribution is -2.08. The van der Waals surface area contributed by atoms with E-state index >= 15 is 0 Å². The average Bonchev–Trinajstić information content (AvgIpc) is 2.76. The lowest BCUT2D eigenvalue weighted by Gasteiger charge is -2.11. The van der Waals surface area contributed by atoms with Crippen LogP contribution in [0, 0.1) is 5.82 Å². The molecule has 0 N–H and O–H groups in total. The first-order valence-corrected chi connectivity index (χ1v) is 9.02. The molecule has 0 aliphatic rings. The van der Waals surface area contributed by atoms with Gasteiger partial charge in [0.2, 0.25) is 0 Å². The Hall–Kier alpha value is -3.60. The van der Waals surface area contributed by atoms with Crippen molar-refractivity contribution in [2.45, 2.75) is 6.61 Å². The van der Waals surface area contributed by atoms with Crippen LogP contribution in [0.5, 0.6) is 11.5 Å². The number of ether oxygens (including phenoxy) is 3. The van der Waals surface area contributed by atoms with E-state index in [2.05, 4.69) is 0 Å². The quantitative estimate of drug-likeness (QED) is 0.318. The maximum absolute atomic E-state index is 13.9. The predicted octanol–water partition coefficient (Wildman–Crippen LogP) is 5.13. The third-order valence-corrected chi connectivity index (χ3v) is 4.33. The van der Waals surface area contributed by atoms with Crippen molar-refractivity contribution < 1.29 is 23.4 Å². The van der Waals surface area contributed by atoms with Crippen molar-refractivity contribution in [3.8, 4) is 11.5 Å². The van der Waals surface area contributed by atoms with Crippen molar-refractivity contribution >= 4 is 17.6 Å². The van der Waals surface area contributed by atoms with E-state index < -0.39 is 11.8 Å². The van der Waals surface area contributed by atoms with Gasteiger partial charge in [0.25, 0.3) is 0 Å². The van der Waals surface area contributed by atoms with Crippen LogP contribution in [0.15, 0.2) is 72.8 Å². The van der Waals surface area contributed by atoms with Gasteiger partial charge in [0.1, 0.15) is 12.4 Å². The number of carbonyl (C=O) groups excluding carboxylic acids is 1. The molecule has 0 radical (unpaired) electrons. The molecule has 0 unspecified atom stereocenters. The highest BCUT2D eigenvalue weighted by molar-refractivity contribution is 6.21. The number of benzene rings is 3. The Labute approximate surface area is 169 Å². The number of para-hydroxylation sites is 1.